The Morgan fingerprint density at radius 3 is 1.74 bits per heavy atom. The van der Waals surface area contributed by atoms with Crippen LogP contribution in [0.3, 0.4) is 0 Å². The third-order valence-electron chi connectivity index (χ3n) is 9.31. The van der Waals surface area contributed by atoms with Crippen molar-refractivity contribution in [3.05, 3.63) is 12.2 Å². The number of aromatic nitrogens is 3. The van der Waals surface area contributed by atoms with Crippen LogP contribution < -0.4 is 0 Å². The Morgan fingerprint density at radius 2 is 1.31 bits per heavy atom. The highest BCUT2D eigenvalue weighted by atomic mass is 28.4. The summed E-state index contributed by atoms with van der Waals surface area (Å²) in [5.74, 6) is -0.615. The number of rotatable bonds is 9. The minimum Gasteiger partial charge on any atom is -0.463 e. The Morgan fingerprint density at radius 1 is 0.846 bits per heavy atom. The van der Waals surface area contributed by atoms with Crippen LogP contribution in [0.1, 0.15) is 79.2 Å². The molecule has 0 amide bonds. The van der Waals surface area contributed by atoms with E-state index in [0.29, 0.717) is 6.61 Å². The van der Waals surface area contributed by atoms with Crippen molar-refractivity contribution in [1.82, 2.24) is 14.8 Å². The minimum absolute atomic E-state index is 0.0112. The Hall–Kier alpha value is -0.899. The summed E-state index contributed by atoms with van der Waals surface area (Å²) < 4.78 is 34.0. The molecule has 1 aliphatic rings. The molecule has 0 saturated carbocycles. The second-order valence-electron chi connectivity index (χ2n) is 15.4. The molecule has 1 aromatic heterocycles. The molecule has 0 bridgehead atoms. The summed E-state index contributed by atoms with van der Waals surface area (Å²) in [6.07, 6.45) is -0.327. The first-order chi connectivity index (χ1) is 17.3. The molecule has 2 rings (SSSR count). The Kier molecular flexibility index (Phi) is 10.0. The van der Waals surface area contributed by atoms with Gasteiger partial charge in [0.05, 0.1) is 13.7 Å². The van der Waals surface area contributed by atoms with Crippen LogP contribution in [0.4, 0.5) is 0 Å². The highest BCUT2D eigenvalue weighted by molar-refractivity contribution is 6.75. The third kappa shape index (κ3) is 7.69. The maximum Gasteiger partial charge on any atom is 0.377 e. The molecule has 1 aliphatic heterocycles. The van der Waals surface area contributed by atoms with Crippen molar-refractivity contribution in [3.63, 3.8) is 0 Å². The normalized spacial score (nSPS) is 23.8. The minimum atomic E-state index is -2.28. The number of nitrogens with zero attached hydrogens (tertiary/aromatic N) is 3. The summed E-state index contributed by atoms with van der Waals surface area (Å²) in [4.78, 5) is 16.3. The van der Waals surface area contributed by atoms with Gasteiger partial charge < -0.3 is 22.8 Å². The summed E-state index contributed by atoms with van der Waals surface area (Å²) in [5.41, 5.74) is 0. The molecule has 0 unspecified atom stereocenters. The molecule has 1 fully saturated rings. The zero-order valence-electron chi connectivity index (χ0n) is 27.4. The molecule has 1 saturated heterocycles. The molecule has 0 N–H and O–H groups in total. The van der Waals surface area contributed by atoms with E-state index in [9.17, 15) is 4.79 Å². The average Bonchev–Trinajstić information content (AvgIpc) is 3.35. The number of hydrogen-bond acceptors (Lipinski definition) is 8. The van der Waals surface area contributed by atoms with Gasteiger partial charge in [-0.1, -0.05) is 62.3 Å². The monoisotopic (exact) mass is 601 g/mol. The number of methoxy groups -OCH3 is 1. The summed E-state index contributed by atoms with van der Waals surface area (Å²) in [5, 5.41) is 4.44. The first-order valence-corrected chi connectivity index (χ1v) is 22.7. The van der Waals surface area contributed by atoms with Gasteiger partial charge in [0.2, 0.25) is 0 Å². The van der Waals surface area contributed by atoms with Crippen molar-refractivity contribution in [1.29, 1.82) is 0 Å². The SMILES string of the molecule is COC(=O)c1ncn([C@@H]2O[C@H](CO[Si](C)(C)C(C)(C)C)[C@@H](O[Si](C)(C)C(C)(C)C)[C@H]2O[Si](C)(C)C(C)(C)C)n1. The molecule has 226 valence electrons. The van der Waals surface area contributed by atoms with Crippen molar-refractivity contribution >= 4 is 30.9 Å². The van der Waals surface area contributed by atoms with Crippen LogP contribution in [0.5, 0.6) is 0 Å². The van der Waals surface area contributed by atoms with Crippen molar-refractivity contribution in [3.8, 4) is 0 Å². The molecule has 9 nitrogen and oxygen atoms in total. The largest absolute Gasteiger partial charge is 0.463 e. The second-order valence-corrected chi connectivity index (χ2v) is 29.7. The predicted octanol–water partition coefficient (Wildman–Crippen LogP) is 6.76. The third-order valence-corrected chi connectivity index (χ3v) is 22.8. The standard InChI is InChI=1S/C27H55N3O6Si3/c1-25(2,3)37(11,12)33-17-19-20(35-38(13,14)26(4,5)6)21(36-39(15,16)27(7,8)9)23(34-19)30-18-28-22(29-30)24(31)32-10/h18-21,23H,17H2,1-16H3/t19-,20-,21-,23-/m1/s1. The Balaban J connectivity index is 2.61. The van der Waals surface area contributed by atoms with Crippen LogP contribution in [0.15, 0.2) is 6.33 Å². The van der Waals surface area contributed by atoms with Gasteiger partial charge in [-0.3, -0.25) is 0 Å². The maximum absolute atomic E-state index is 12.2. The zero-order valence-corrected chi connectivity index (χ0v) is 30.4. The van der Waals surface area contributed by atoms with E-state index >= 15 is 0 Å². The predicted molar refractivity (Wildman–Crippen MR) is 163 cm³/mol. The highest BCUT2D eigenvalue weighted by Gasteiger charge is 2.55. The number of esters is 1. The van der Waals surface area contributed by atoms with E-state index in [1.165, 1.54) is 13.4 Å². The van der Waals surface area contributed by atoms with Crippen LogP contribution in [0.2, 0.25) is 54.4 Å². The molecule has 2 heterocycles. The van der Waals surface area contributed by atoms with Gasteiger partial charge in [0, 0.05) is 0 Å². The van der Waals surface area contributed by atoms with E-state index in [2.05, 4.69) is 112 Å². The molecule has 0 aliphatic carbocycles. The van der Waals surface area contributed by atoms with Crippen LogP contribution >= 0.6 is 0 Å². The maximum atomic E-state index is 12.2. The van der Waals surface area contributed by atoms with E-state index in [-0.39, 0.29) is 33.1 Å². The molecule has 1 aromatic rings. The van der Waals surface area contributed by atoms with Crippen molar-refractivity contribution in [2.24, 2.45) is 0 Å². The van der Waals surface area contributed by atoms with E-state index < -0.39 is 43.3 Å². The summed E-state index contributed by atoms with van der Waals surface area (Å²) in [6.45, 7) is 33.9. The molecule has 39 heavy (non-hydrogen) atoms. The number of carbonyl (C=O) groups excluding carboxylic acids is 1. The van der Waals surface area contributed by atoms with E-state index in [1.807, 2.05) is 0 Å². The van der Waals surface area contributed by atoms with Crippen molar-refractivity contribution in [2.45, 2.75) is 141 Å². The summed E-state index contributed by atoms with van der Waals surface area (Å²) in [6, 6.07) is 0. The van der Waals surface area contributed by atoms with Gasteiger partial charge >= 0.3 is 5.97 Å². The molecule has 0 spiro atoms. The van der Waals surface area contributed by atoms with E-state index in [1.54, 1.807) is 4.68 Å². The van der Waals surface area contributed by atoms with Gasteiger partial charge in [0.15, 0.2) is 31.2 Å². The fraction of sp³-hybridized carbons (Fsp3) is 0.889. The molecule has 4 atom stereocenters. The lowest BCUT2D eigenvalue weighted by Crippen LogP contribution is -2.54. The first-order valence-electron chi connectivity index (χ1n) is 14.0. The fourth-order valence-corrected chi connectivity index (χ4v) is 7.06. The van der Waals surface area contributed by atoms with Crippen LogP contribution in [-0.2, 0) is 22.8 Å². The lowest BCUT2D eigenvalue weighted by Gasteiger charge is -2.44. The number of hydrogen-bond donors (Lipinski definition) is 0. The van der Waals surface area contributed by atoms with Gasteiger partial charge in [-0.05, 0) is 54.4 Å². The zero-order chi connectivity index (χ0) is 30.4. The molecule has 0 aromatic carbocycles. The number of ether oxygens (including phenoxy) is 2. The van der Waals surface area contributed by atoms with Crippen LogP contribution in [0, 0.1) is 0 Å². The summed E-state index contributed by atoms with van der Waals surface area (Å²) in [7, 11) is -5.27. The van der Waals surface area contributed by atoms with Crippen LogP contribution in [0.25, 0.3) is 0 Å². The van der Waals surface area contributed by atoms with Gasteiger partial charge in [0.25, 0.3) is 5.82 Å². The Bertz CT molecular complexity index is 992. The first kappa shape index (κ1) is 34.3. The molecular formula is C27H55N3O6Si3. The average molecular weight is 602 g/mol. The van der Waals surface area contributed by atoms with Crippen LogP contribution in [-0.4, -0.2) is 77.7 Å². The summed E-state index contributed by atoms with van der Waals surface area (Å²) >= 11 is 0. The quantitative estimate of drug-likeness (QED) is 0.226. The van der Waals surface area contributed by atoms with Gasteiger partial charge in [-0.2, -0.15) is 0 Å². The number of carbonyl (C=O) groups is 1. The van der Waals surface area contributed by atoms with E-state index in [0.717, 1.165) is 0 Å². The van der Waals surface area contributed by atoms with Gasteiger partial charge in [0.1, 0.15) is 24.6 Å². The highest BCUT2D eigenvalue weighted by Crippen LogP contribution is 2.46. The lowest BCUT2D eigenvalue weighted by molar-refractivity contribution is -0.0549. The Labute approximate surface area is 240 Å². The van der Waals surface area contributed by atoms with Crippen molar-refractivity contribution in [2.75, 3.05) is 13.7 Å². The topological polar surface area (TPSA) is 93.9 Å². The van der Waals surface area contributed by atoms with E-state index in [4.69, 9.17) is 22.8 Å². The molecule has 0 radical (unpaired) electrons. The smallest absolute Gasteiger partial charge is 0.377 e. The van der Waals surface area contributed by atoms with Gasteiger partial charge in [-0.15, -0.1) is 5.10 Å². The van der Waals surface area contributed by atoms with Crippen molar-refractivity contribution < 1.29 is 27.5 Å². The lowest BCUT2D eigenvalue weighted by atomic mass is 10.1. The second kappa shape index (κ2) is 11.4. The molecular weight excluding hydrogens is 547 g/mol. The van der Waals surface area contributed by atoms with Gasteiger partial charge in [-0.25, -0.2) is 14.5 Å². The fourth-order valence-electron chi connectivity index (χ4n) is 3.45. The molecule has 12 heteroatoms.